The molecule has 4 nitrogen and oxygen atoms in total. The second-order valence-corrected chi connectivity index (χ2v) is 8.48. The summed E-state index contributed by atoms with van der Waals surface area (Å²) >= 11 is 0. The number of esters is 2. The molecule has 0 aliphatic carbocycles. The van der Waals surface area contributed by atoms with Crippen molar-refractivity contribution in [2.75, 3.05) is 13.2 Å². The lowest BCUT2D eigenvalue weighted by Gasteiger charge is -2.34. The summed E-state index contributed by atoms with van der Waals surface area (Å²) < 4.78 is 11.1. The van der Waals surface area contributed by atoms with Gasteiger partial charge in [0, 0.05) is 0 Å². The molecule has 0 aliphatic rings. The standard InChI is InChI=1S/C22H42O4/c1-8-12-14-18(10-3)16-26-19(23)21(5,6)17-22(7,11-4)20(24)25-15-13-9-2/h18H,8-17H2,1-7H3. The zero-order chi connectivity index (χ0) is 20.2. The van der Waals surface area contributed by atoms with Crippen LogP contribution in [0.25, 0.3) is 0 Å². The van der Waals surface area contributed by atoms with E-state index in [-0.39, 0.29) is 11.9 Å². The van der Waals surface area contributed by atoms with Gasteiger partial charge in [0.05, 0.1) is 24.0 Å². The third-order valence-corrected chi connectivity index (χ3v) is 5.38. The summed E-state index contributed by atoms with van der Waals surface area (Å²) in [6.07, 6.45) is 7.37. The van der Waals surface area contributed by atoms with Crippen molar-refractivity contribution in [2.45, 2.75) is 99.8 Å². The second kappa shape index (κ2) is 12.3. The van der Waals surface area contributed by atoms with Crippen molar-refractivity contribution in [1.29, 1.82) is 0 Å². The number of carbonyl (C=O) groups is 2. The van der Waals surface area contributed by atoms with Gasteiger partial charge in [0.1, 0.15) is 0 Å². The van der Waals surface area contributed by atoms with Gasteiger partial charge in [-0.2, -0.15) is 0 Å². The smallest absolute Gasteiger partial charge is 0.311 e. The lowest BCUT2D eigenvalue weighted by molar-refractivity contribution is -0.164. The summed E-state index contributed by atoms with van der Waals surface area (Å²) in [4.78, 5) is 25.2. The van der Waals surface area contributed by atoms with E-state index in [1.807, 2.05) is 27.7 Å². The van der Waals surface area contributed by atoms with E-state index in [4.69, 9.17) is 9.47 Å². The van der Waals surface area contributed by atoms with Gasteiger partial charge >= 0.3 is 11.9 Å². The fraction of sp³-hybridized carbons (Fsp3) is 0.909. The first-order valence-corrected chi connectivity index (χ1v) is 10.5. The van der Waals surface area contributed by atoms with Gasteiger partial charge in [-0.15, -0.1) is 0 Å². The molecule has 0 rings (SSSR count). The number of hydrogen-bond donors (Lipinski definition) is 0. The van der Waals surface area contributed by atoms with E-state index < -0.39 is 10.8 Å². The molecule has 0 aromatic rings. The Hall–Kier alpha value is -1.06. The number of unbranched alkanes of at least 4 members (excludes halogenated alkanes) is 2. The molecule has 4 heteroatoms. The Morgan fingerprint density at radius 3 is 2.00 bits per heavy atom. The van der Waals surface area contributed by atoms with E-state index in [2.05, 4.69) is 20.8 Å². The molecule has 0 saturated heterocycles. The van der Waals surface area contributed by atoms with Crippen LogP contribution >= 0.6 is 0 Å². The molecular formula is C22H42O4. The van der Waals surface area contributed by atoms with E-state index in [9.17, 15) is 9.59 Å². The summed E-state index contributed by atoms with van der Waals surface area (Å²) in [6.45, 7) is 14.9. The van der Waals surface area contributed by atoms with Gasteiger partial charge in [-0.25, -0.2) is 0 Å². The highest BCUT2D eigenvalue weighted by Gasteiger charge is 2.43. The summed E-state index contributed by atoms with van der Waals surface area (Å²) in [6, 6.07) is 0. The SMILES string of the molecule is CCCCOC(=O)C(C)(CC)CC(C)(C)C(=O)OCC(CC)CCCC. The molecule has 0 saturated carbocycles. The lowest BCUT2D eigenvalue weighted by atomic mass is 9.72. The molecular weight excluding hydrogens is 328 g/mol. The van der Waals surface area contributed by atoms with Crippen LogP contribution < -0.4 is 0 Å². The van der Waals surface area contributed by atoms with Crippen molar-refractivity contribution in [2.24, 2.45) is 16.7 Å². The molecule has 0 radical (unpaired) electrons. The van der Waals surface area contributed by atoms with Gasteiger partial charge < -0.3 is 9.47 Å². The highest BCUT2D eigenvalue weighted by atomic mass is 16.5. The zero-order valence-electron chi connectivity index (χ0n) is 18.3. The van der Waals surface area contributed by atoms with Gasteiger partial charge in [-0.3, -0.25) is 9.59 Å². The van der Waals surface area contributed by atoms with Gasteiger partial charge in [0.15, 0.2) is 0 Å². The second-order valence-electron chi connectivity index (χ2n) is 8.48. The van der Waals surface area contributed by atoms with Crippen LogP contribution in [-0.4, -0.2) is 25.2 Å². The quantitative estimate of drug-likeness (QED) is 0.281. The Balaban J connectivity index is 4.78. The van der Waals surface area contributed by atoms with Crippen molar-refractivity contribution in [1.82, 2.24) is 0 Å². The maximum absolute atomic E-state index is 12.7. The Labute approximate surface area is 161 Å². The Morgan fingerprint density at radius 2 is 1.50 bits per heavy atom. The van der Waals surface area contributed by atoms with E-state index in [0.29, 0.717) is 32.0 Å². The number of ether oxygens (including phenoxy) is 2. The fourth-order valence-electron chi connectivity index (χ4n) is 3.16. The van der Waals surface area contributed by atoms with Crippen LogP contribution in [0.15, 0.2) is 0 Å². The summed E-state index contributed by atoms with van der Waals surface area (Å²) in [7, 11) is 0. The first-order valence-electron chi connectivity index (χ1n) is 10.5. The van der Waals surface area contributed by atoms with Crippen LogP contribution in [0.1, 0.15) is 99.8 Å². The van der Waals surface area contributed by atoms with E-state index in [1.165, 1.54) is 0 Å². The van der Waals surface area contributed by atoms with Crippen molar-refractivity contribution in [3.05, 3.63) is 0 Å². The molecule has 0 N–H and O–H groups in total. The molecule has 0 heterocycles. The number of rotatable bonds is 14. The average molecular weight is 371 g/mol. The predicted molar refractivity (Wildman–Crippen MR) is 107 cm³/mol. The molecule has 0 bridgehead atoms. The highest BCUT2D eigenvalue weighted by molar-refractivity contribution is 5.80. The van der Waals surface area contributed by atoms with Crippen molar-refractivity contribution >= 4 is 11.9 Å². The minimum atomic E-state index is -0.711. The molecule has 154 valence electrons. The van der Waals surface area contributed by atoms with Gasteiger partial charge in [0.25, 0.3) is 0 Å². The Kier molecular flexibility index (Phi) is 11.8. The molecule has 0 fully saturated rings. The third-order valence-electron chi connectivity index (χ3n) is 5.38. The number of carbonyl (C=O) groups excluding carboxylic acids is 2. The molecule has 26 heavy (non-hydrogen) atoms. The molecule has 0 spiro atoms. The number of hydrogen-bond acceptors (Lipinski definition) is 4. The summed E-state index contributed by atoms with van der Waals surface area (Å²) in [5.41, 5.74) is -1.37. The molecule has 0 amide bonds. The Morgan fingerprint density at radius 1 is 0.885 bits per heavy atom. The lowest BCUT2D eigenvalue weighted by Crippen LogP contribution is -2.39. The topological polar surface area (TPSA) is 52.6 Å². The third kappa shape index (κ3) is 8.55. The Bertz CT molecular complexity index is 416. The molecule has 0 aliphatic heterocycles. The summed E-state index contributed by atoms with van der Waals surface area (Å²) in [5.74, 6) is 0.00320. The first kappa shape index (κ1) is 24.9. The van der Waals surface area contributed by atoms with E-state index in [1.54, 1.807) is 0 Å². The van der Waals surface area contributed by atoms with Gasteiger partial charge in [0.2, 0.25) is 0 Å². The summed E-state index contributed by atoms with van der Waals surface area (Å²) in [5, 5.41) is 0. The van der Waals surface area contributed by atoms with Crippen LogP contribution in [0.5, 0.6) is 0 Å². The molecule has 0 aromatic heterocycles. The van der Waals surface area contributed by atoms with Crippen LogP contribution in [0.4, 0.5) is 0 Å². The van der Waals surface area contributed by atoms with E-state index >= 15 is 0 Å². The first-order chi connectivity index (χ1) is 12.2. The van der Waals surface area contributed by atoms with Gasteiger partial charge in [-0.05, 0) is 52.4 Å². The molecule has 2 atom stereocenters. The average Bonchev–Trinajstić information content (AvgIpc) is 2.61. The minimum absolute atomic E-state index is 0.205. The van der Waals surface area contributed by atoms with Crippen LogP contribution in [0.2, 0.25) is 0 Å². The maximum Gasteiger partial charge on any atom is 0.311 e. The van der Waals surface area contributed by atoms with Crippen LogP contribution in [0, 0.1) is 16.7 Å². The zero-order valence-corrected chi connectivity index (χ0v) is 18.3. The fourth-order valence-corrected chi connectivity index (χ4v) is 3.16. The molecule has 2 unspecified atom stereocenters. The monoisotopic (exact) mass is 370 g/mol. The normalized spacial score (nSPS) is 15.2. The van der Waals surface area contributed by atoms with E-state index in [0.717, 1.165) is 38.5 Å². The predicted octanol–water partition coefficient (Wildman–Crippen LogP) is 5.92. The van der Waals surface area contributed by atoms with Crippen LogP contribution in [0.3, 0.4) is 0 Å². The largest absolute Gasteiger partial charge is 0.465 e. The van der Waals surface area contributed by atoms with Crippen LogP contribution in [-0.2, 0) is 19.1 Å². The maximum atomic E-state index is 12.7. The van der Waals surface area contributed by atoms with Crippen molar-refractivity contribution < 1.29 is 19.1 Å². The molecule has 0 aromatic carbocycles. The minimum Gasteiger partial charge on any atom is -0.465 e. The highest BCUT2D eigenvalue weighted by Crippen LogP contribution is 2.38. The van der Waals surface area contributed by atoms with Crippen molar-refractivity contribution in [3.63, 3.8) is 0 Å². The van der Waals surface area contributed by atoms with Crippen molar-refractivity contribution in [3.8, 4) is 0 Å². The van der Waals surface area contributed by atoms with Gasteiger partial charge in [-0.1, -0.05) is 53.4 Å².